The lowest BCUT2D eigenvalue weighted by Crippen LogP contribution is -2.32. The number of nitrogens with zero attached hydrogens (tertiary/aromatic N) is 1. The molecule has 0 aliphatic carbocycles. The van der Waals surface area contributed by atoms with E-state index in [2.05, 4.69) is 15.8 Å². The molecule has 2 aromatic rings. The van der Waals surface area contributed by atoms with Gasteiger partial charge in [0.05, 0.1) is 17.7 Å². The summed E-state index contributed by atoms with van der Waals surface area (Å²) in [7, 11) is 0. The van der Waals surface area contributed by atoms with Crippen LogP contribution in [0, 0.1) is 13.8 Å². The molecule has 24 heavy (non-hydrogen) atoms. The summed E-state index contributed by atoms with van der Waals surface area (Å²) in [6.07, 6.45) is 0.371. The number of aryl methyl sites for hydroxylation is 2. The van der Waals surface area contributed by atoms with Crippen molar-refractivity contribution in [3.05, 3.63) is 46.8 Å². The van der Waals surface area contributed by atoms with E-state index in [1.807, 2.05) is 45.0 Å². The summed E-state index contributed by atoms with van der Waals surface area (Å²) in [5, 5.41) is 9.96. The average Bonchev–Trinajstić information content (AvgIpc) is 2.89. The van der Waals surface area contributed by atoms with Gasteiger partial charge >= 0.3 is 0 Å². The number of amides is 1. The fourth-order valence-corrected chi connectivity index (χ4v) is 2.28. The zero-order valence-electron chi connectivity index (χ0n) is 14.5. The number of hydrogen-bond donors (Lipinski definition) is 2. The molecular weight excluding hydrogens is 306 g/mol. The van der Waals surface area contributed by atoms with Crippen LogP contribution < -0.4 is 15.4 Å². The monoisotopic (exact) mass is 331 g/mol. The largest absolute Gasteiger partial charge is 0.489 e. The summed E-state index contributed by atoms with van der Waals surface area (Å²) in [6, 6.07) is 7.57. The zero-order valence-corrected chi connectivity index (χ0v) is 14.5. The van der Waals surface area contributed by atoms with Crippen LogP contribution in [0.4, 0.5) is 0 Å². The van der Waals surface area contributed by atoms with Crippen LogP contribution in [0.1, 0.15) is 29.5 Å². The van der Waals surface area contributed by atoms with E-state index >= 15 is 0 Å². The van der Waals surface area contributed by atoms with Crippen LogP contribution in [-0.2, 0) is 17.8 Å². The topological polar surface area (TPSA) is 76.4 Å². The Kier molecular flexibility index (Phi) is 6.81. The highest BCUT2D eigenvalue weighted by atomic mass is 16.5. The molecule has 2 rings (SSSR count). The molecule has 0 saturated carbocycles. The summed E-state index contributed by atoms with van der Waals surface area (Å²) >= 11 is 0. The molecule has 0 fully saturated rings. The first kappa shape index (κ1) is 18.0. The second-order valence-corrected chi connectivity index (χ2v) is 5.62. The lowest BCUT2D eigenvalue weighted by atomic mass is 10.1. The molecule has 2 N–H and O–H groups in total. The minimum Gasteiger partial charge on any atom is -0.489 e. The molecule has 0 spiro atoms. The average molecular weight is 331 g/mol. The van der Waals surface area contributed by atoms with E-state index in [0.717, 1.165) is 41.4 Å². The van der Waals surface area contributed by atoms with Crippen molar-refractivity contribution in [1.29, 1.82) is 0 Å². The number of aromatic nitrogens is 1. The fourth-order valence-electron chi connectivity index (χ4n) is 2.28. The van der Waals surface area contributed by atoms with Gasteiger partial charge in [-0.25, -0.2) is 0 Å². The third kappa shape index (κ3) is 5.38. The van der Waals surface area contributed by atoms with Crippen molar-refractivity contribution in [2.75, 3.05) is 19.6 Å². The van der Waals surface area contributed by atoms with Gasteiger partial charge in [-0.05, 0) is 38.1 Å². The first-order chi connectivity index (χ1) is 11.6. The van der Waals surface area contributed by atoms with Crippen LogP contribution in [-0.4, -0.2) is 30.7 Å². The number of carbonyl (C=O) groups is 1. The first-order valence-corrected chi connectivity index (χ1v) is 8.21. The standard InChI is InChI=1S/C18H25N3O3/c1-4-19-9-10-20-18(22)11-15-5-7-16(8-6-15)23-12-17-13(2)21-24-14(17)3/h5-8,19H,4,9-12H2,1-3H3,(H,20,22). The second-order valence-electron chi connectivity index (χ2n) is 5.62. The van der Waals surface area contributed by atoms with Crippen LogP contribution in [0.2, 0.25) is 0 Å². The number of likely N-dealkylation sites (N-methyl/N-ethyl adjacent to an activating group) is 1. The van der Waals surface area contributed by atoms with Gasteiger partial charge in [0.25, 0.3) is 0 Å². The molecule has 1 heterocycles. The normalized spacial score (nSPS) is 10.6. The summed E-state index contributed by atoms with van der Waals surface area (Å²) in [5.41, 5.74) is 2.78. The highest BCUT2D eigenvalue weighted by molar-refractivity contribution is 5.78. The summed E-state index contributed by atoms with van der Waals surface area (Å²) < 4.78 is 10.9. The number of ether oxygens (including phenoxy) is 1. The Morgan fingerprint density at radius 3 is 2.58 bits per heavy atom. The predicted octanol–water partition coefficient (Wildman–Crippen LogP) is 2.14. The molecule has 1 aromatic carbocycles. The van der Waals surface area contributed by atoms with Crippen molar-refractivity contribution in [3.8, 4) is 5.75 Å². The molecule has 0 aliphatic rings. The van der Waals surface area contributed by atoms with E-state index < -0.39 is 0 Å². The molecule has 1 aromatic heterocycles. The van der Waals surface area contributed by atoms with Gasteiger partial charge in [0.1, 0.15) is 18.1 Å². The SMILES string of the molecule is CCNCCNC(=O)Cc1ccc(OCc2c(C)noc2C)cc1. The Morgan fingerprint density at radius 2 is 1.96 bits per heavy atom. The Labute approximate surface area is 142 Å². The highest BCUT2D eigenvalue weighted by Crippen LogP contribution is 2.18. The maximum atomic E-state index is 11.8. The molecule has 0 bridgehead atoms. The fraction of sp³-hybridized carbons (Fsp3) is 0.444. The molecule has 6 nitrogen and oxygen atoms in total. The first-order valence-electron chi connectivity index (χ1n) is 8.21. The zero-order chi connectivity index (χ0) is 17.4. The molecule has 1 amide bonds. The van der Waals surface area contributed by atoms with Gasteiger partial charge in [-0.1, -0.05) is 24.2 Å². The molecule has 0 radical (unpaired) electrons. The van der Waals surface area contributed by atoms with Crippen LogP contribution >= 0.6 is 0 Å². The highest BCUT2D eigenvalue weighted by Gasteiger charge is 2.09. The lowest BCUT2D eigenvalue weighted by Gasteiger charge is -2.08. The molecule has 6 heteroatoms. The molecule has 0 atom stereocenters. The van der Waals surface area contributed by atoms with Gasteiger partial charge < -0.3 is 19.9 Å². The molecule has 130 valence electrons. The molecule has 0 saturated heterocycles. The molecular formula is C18H25N3O3. The van der Waals surface area contributed by atoms with Gasteiger partial charge in [-0.3, -0.25) is 4.79 Å². The summed E-state index contributed by atoms with van der Waals surface area (Å²) in [5.74, 6) is 1.56. The quantitative estimate of drug-likeness (QED) is 0.689. The van der Waals surface area contributed by atoms with Crippen LogP contribution in [0.5, 0.6) is 5.75 Å². The van der Waals surface area contributed by atoms with Gasteiger partial charge in [-0.15, -0.1) is 0 Å². The minimum atomic E-state index is 0.0253. The van der Waals surface area contributed by atoms with Gasteiger partial charge in [0.15, 0.2) is 0 Å². The van der Waals surface area contributed by atoms with E-state index in [-0.39, 0.29) is 5.91 Å². The van der Waals surface area contributed by atoms with Crippen molar-refractivity contribution < 1.29 is 14.1 Å². The van der Waals surface area contributed by atoms with Gasteiger partial charge in [0.2, 0.25) is 5.91 Å². The maximum absolute atomic E-state index is 11.8. The van der Waals surface area contributed by atoms with Crippen molar-refractivity contribution in [1.82, 2.24) is 15.8 Å². The van der Waals surface area contributed by atoms with Crippen molar-refractivity contribution in [3.63, 3.8) is 0 Å². The predicted molar refractivity (Wildman–Crippen MR) is 92.0 cm³/mol. The summed E-state index contributed by atoms with van der Waals surface area (Å²) in [6.45, 7) is 8.57. The Hall–Kier alpha value is -2.34. The molecule has 0 aliphatic heterocycles. The van der Waals surface area contributed by atoms with Crippen molar-refractivity contribution in [2.24, 2.45) is 0 Å². The van der Waals surface area contributed by atoms with Crippen LogP contribution in [0.3, 0.4) is 0 Å². The number of nitrogens with one attached hydrogen (secondary N) is 2. The third-order valence-electron chi connectivity index (χ3n) is 3.73. The number of carbonyl (C=O) groups excluding carboxylic acids is 1. The van der Waals surface area contributed by atoms with Crippen LogP contribution in [0.15, 0.2) is 28.8 Å². The number of rotatable bonds is 9. The number of hydrogen-bond acceptors (Lipinski definition) is 5. The van der Waals surface area contributed by atoms with Crippen molar-refractivity contribution in [2.45, 2.75) is 33.8 Å². The van der Waals surface area contributed by atoms with E-state index in [1.165, 1.54) is 0 Å². The Balaban J connectivity index is 1.79. The molecule has 0 unspecified atom stereocenters. The van der Waals surface area contributed by atoms with Crippen LogP contribution in [0.25, 0.3) is 0 Å². The van der Waals surface area contributed by atoms with E-state index in [4.69, 9.17) is 9.26 Å². The van der Waals surface area contributed by atoms with Crippen molar-refractivity contribution >= 4 is 5.91 Å². The van der Waals surface area contributed by atoms with E-state index in [9.17, 15) is 4.79 Å². The second kappa shape index (κ2) is 9.08. The Morgan fingerprint density at radius 1 is 1.21 bits per heavy atom. The smallest absolute Gasteiger partial charge is 0.224 e. The van der Waals surface area contributed by atoms with E-state index in [0.29, 0.717) is 19.6 Å². The maximum Gasteiger partial charge on any atom is 0.224 e. The Bertz CT molecular complexity index is 631. The lowest BCUT2D eigenvalue weighted by molar-refractivity contribution is -0.120. The summed E-state index contributed by atoms with van der Waals surface area (Å²) in [4.78, 5) is 11.8. The third-order valence-corrected chi connectivity index (χ3v) is 3.73. The van der Waals surface area contributed by atoms with Gasteiger partial charge in [0, 0.05) is 13.1 Å². The van der Waals surface area contributed by atoms with E-state index in [1.54, 1.807) is 0 Å². The van der Waals surface area contributed by atoms with Gasteiger partial charge in [-0.2, -0.15) is 0 Å². The number of benzene rings is 1. The minimum absolute atomic E-state index is 0.0253.